The van der Waals surface area contributed by atoms with Crippen LogP contribution in [0.2, 0.25) is 0 Å². The van der Waals surface area contributed by atoms with Gasteiger partial charge in [-0.25, -0.2) is 0 Å². The van der Waals surface area contributed by atoms with E-state index in [1.807, 2.05) is 42.2 Å². The predicted octanol–water partition coefficient (Wildman–Crippen LogP) is 2.69. The molecule has 5 nitrogen and oxygen atoms in total. The molecule has 0 aromatic heterocycles. The van der Waals surface area contributed by atoms with E-state index in [0.717, 1.165) is 44.0 Å². The molecule has 2 saturated heterocycles. The lowest BCUT2D eigenvalue weighted by atomic mass is 10.1. The van der Waals surface area contributed by atoms with E-state index in [1.54, 1.807) is 4.90 Å². The summed E-state index contributed by atoms with van der Waals surface area (Å²) in [5, 5.41) is 0. The van der Waals surface area contributed by atoms with Crippen LogP contribution in [0.25, 0.3) is 0 Å². The fraction of sp³-hybridized carbons (Fsp3) is 0.391. The number of nitrogens with zero attached hydrogens (tertiary/aromatic N) is 3. The third-order valence-corrected chi connectivity index (χ3v) is 5.81. The third-order valence-electron chi connectivity index (χ3n) is 5.81. The molecule has 5 heteroatoms. The minimum atomic E-state index is -0.229. The van der Waals surface area contributed by atoms with E-state index in [9.17, 15) is 9.59 Å². The molecule has 1 atom stereocenters. The highest BCUT2D eigenvalue weighted by molar-refractivity contribution is 6.00. The number of hydrogen-bond donors (Lipinski definition) is 0. The number of para-hydroxylation sites is 1. The molecule has 0 bridgehead atoms. The quantitative estimate of drug-likeness (QED) is 0.823. The fourth-order valence-corrected chi connectivity index (χ4v) is 4.20. The summed E-state index contributed by atoms with van der Waals surface area (Å²) in [6.07, 6.45) is 0.317. The second-order valence-electron chi connectivity index (χ2n) is 7.78. The van der Waals surface area contributed by atoms with Crippen LogP contribution in [0.15, 0.2) is 54.6 Å². The molecule has 2 amide bonds. The highest BCUT2D eigenvalue weighted by atomic mass is 16.2. The highest BCUT2D eigenvalue weighted by Gasteiger charge is 2.38. The van der Waals surface area contributed by atoms with Gasteiger partial charge < -0.3 is 9.80 Å². The summed E-state index contributed by atoms with van der Waals surface area (Å²) in [5.41, 5.74) is 3.30. The van der Waals surface area contributed by atoms with Crippen molar-refractivity contribution in [3.63, 3.8) is 0 Å². The van der Waals surface area contributed by atoms with Crippen LogP contribution in [-0.2, 0) is 16.1 Å². The van der Waals surface area contributed by atoms with Crippen molar-refractivity contribution < 1.29 is 9.59 Å². The molecule has 2 aromatic rings. The summed E-state index contributed by atoms with van der Waals surface area (Å²) < 4.78 is 0. The monoisotopic (exact) mass is 377 g/mol. The van der Waals surface area contributed by atoms with E-state index >= 15 is 0 Å². The zero-order valence-corrected chi connectivity index (χ0v) is 16.4. The summed E-state index contributed by atoms with van der Waals surface area (Å²) in [5.74, 6) is -0.0491. The smallest absolute Gasteiger partial charge is 0.228 e. The molecule has 2 aromatic carbocycles. The standard InChI is InChI=1S/C23H27N3O2/c1-18-7-5-6-10-21(18)26-17-20(15-22(26)27)23(28)25-13-11-24(12-14-25)16-19-8-3-2-4-9-19/h2-10,20H,11-17H2,1H3/t20-/m0/s1. The van der Waals surface area contributed by atoms with Crippen LogP contribution >= 0.6 is 0 Å². The first kappa shape index (κ1) is 18.7. The summed E-state index contributed by atoms with van der Waals surface area (Å²) in [6, 6.07) is 18.3. The Morgan fingerprint density at radius 2 is 1.64 bits per heavy atom. The first-order valence-corrected chi connectivity index (χ1v) is 10.0. The van der Waals surface area contributed by atoms with Crippen LogP contribution in [0.4, 0.5) is 5.69 Å². The second kappa shape index (κ2) is 8.15. The zero-order chi connectivity index (χ0) is 19.5. The molecule has 2 aliphatic rings. The second-order valence-corrected chi connectivity index (χ2v) is 7.78. The molecular formula is C23H27N3O2. The van der Waals surface area contributed by atoms with E-state index in [4.69, 9.17) is 0 Å². The van der Waals surface area contributed by atoms with Gasteiger partial charge in [0.15, 0.2) is 0 Å². The Kier molecular flexibility index (Phi) is 5.44. The summed E-state index contributed by atoms with van der Waals surface area (Å²) >= 11 is 0. The maximum atomic E-state index is 13.0. The van der Waals surface area contributed by atoms with Gasteiger partial charge in [-0.3, -0.25) is 14.5 Å². The van der Waals surface area contributed by atoms with E-state index in [1.165, 1.54) is 5.56 Å². The van der Waals surface area contributed by atoms with Crippen molar-refractivity contribution in [1.29, 1.82) is 0 Å². The van der Waals surface area contributed by atoms with Gasteiger partial charge in [0.1, 0.15) is 0 Å². The molecule has 0 aliphatic carbocycles. The number of amides is 2. The zero-order valence-electron chi connectivity index (χ0n) is 16.4. The molecule has 0 unspecified atom stereocenters. The number of aryl methyl sites for hydroxylation is 1. The molecular weight excluding hydrogens is 350 g/mol. The van der Waals surface area contributed by atoms with Gasteiger partial charge in [0.25, 0.3) is 0 Å². The van der Waals surface area contributed by atoms with Crippen molar-refractivity contribution in [2.75, 3.05) is 37.6 Å². The van der Waals surface area contributed by atoms with E-state index in [2.05, 4.69) is 29.2 Å². The lowest BCUT2D eigenvalue weighted by Gasteiger charge is -2.36. The lowest BCUT2D eigenvalue weighted by Crippen LogP contribution is -2.50. The van der Waals surface area contributed by atoms with E-state index in [0.29, 0.717) is 13.0 Å². The van der Waals surface area contributed by atoms with Crippen molar-refractivity contribution >= 4 is 17.5 Å². The van der Waals surface area contributed by atoms with Crippen molar-refractivity contribution in [3.05, 3.63) is 65.7 Å². The normalized spacial score (nSPS) is 20.6. The molecule has 0 saturated carbocycles. The first-order valence-electron chi connectivity index (χ1n) is 10.0. The summed E-state index contributed by atoms with van der Waals surface area (Å²) in [7, 11) is 0. The topological polar surface area (TPSA) is 43.9 Å². The number of anilines is 1. The van der Waals surface area contributed by atoms with Gasteiger partial charge in [-0.1, -0.05) is 48.5 Å². The SMILES string of the molecule is Cc1ccccc1N1C[C@@H](C(=O)N2CCN(Cc3ccccc3)CC2)CC1=O. The Labute approximate surface area is 166 Å². The Morgan fingerprint density at radius 1 is 0.964 bits per heavy atom. The molecule has 2 aliphatic heterocycles. The first-order chi connectivity index (χ1) is 13.6. The number of rotatable bonds is 4. The van der Waals surface area contributed by atoms with Crippen molar-refractivity contribution in [2.24, 2.45) is 5.92 Å². The highest BCUT2D eigenvalue weighted by Crippen LogP contribution is 2.29. The minimum Gasteiger partial charge on any atom is -0.340 e. The number of carbonyl (C=O) groups excluding carboxylic acids is 2. The maximum Gasteiger partial charge on any atom is 0.228 e. The molecule has 0 radical (unpaired) electrons. The molecule has 0 spiro atoms. The van der Waals surface area contributed by atoms with Crippen molar-refractivity contribution in [1.82, 2.24) is 9.80 Å². The van der Waals surface area contributed by atoms with Crippen LogP contribution in [0.1, 0.15) is 17.5 Å². The van der Waals surface area contributed by atoms with E-state index < -0.39 is 0 Å². The van der Waals surface area contributed by atoms with Gasteiger partial charge in [0.2, 0.25) is 11.8 Å². The number of piperazine rings is 1. The van der Waals surface area contributed by atoms with Gasteiger partial charge in [0.05, 0.1) is 5.92 Å². The van der Waals surface area contributed by atoms with Crippen molar-refractivity contribution in [3.8, 4) is 0 Å². The average Bonchev–Trinajstić information content (AvgIpc) is 3.11. The maximum absolute atomic E-state index is 13.0. The molecule has 28 heavy (non-hydrogen) atoms. The molecule has 146 valence electrons. The predicted molar refractivity (Wildman–Crippen MR) is 110 cm³/mol. The van der Waals surface area contributed by atoms with Crippen LogP contribution < -0.4 is 4.90 Å². The Balaban J connectivity index is 1.33. The Hall–Kier alpha value is -2.66. The van der Waals surface area contributed by atoms with Crippen LogP contribution in [0.5, 0.6) is 0 Å². The molecule has 0 N–H and O–H groups in total. The summed E-state index contributed by atoms with van der Waals surface area (Å²) in [6.45, 7) is 6.65. The van der Waals surface area contributed by atoms with Gasteiger partial charge in [-0.05, 0) is 24.1 Å². The molecule has 4 rings (SSSR count). The fourth-order valence-electron chi connectivity index (χ4n) is 4.20. The lowest BCUT2D eigenvalue weighted by molar-refractivity contribution is -0.137. The van der Waals surface area contributed by atoms with Gasteiger partial charge in [-0.2, -0.15) is 0 Å². The Bertz CT molecular complexity index is 844. The van der Waals surface area contributed by atoms with Crippen LogP contribution in [0, 0.1) is 12.8 Å². The average molecular weight is 377 g/mol. The minimum absolute atomic E-state index is 0.0513. The molecule has 2 fully saturated rings. The Morgan fingerprint density at radius 3 is 2.36 bits per heavy atom. The summed E-state index contributed by atoms with van der Waals surface area (Å²) in [4.78, 5) is 31.6. The van der Waals surface area contributed by atoms with Gasteiger partial charge in [0, 0.05) is 51.4 Å². The largest absolute Gasteiger partial charge is 0.340 e. The number of carbonyl (C=O) groups is 2. The number of hydrogen-bond acceptors (Lipinski definition) is 3. The number of benzene rings is 2. The molecule has 2 heterocycles. The van der Waals surface area contributed by atoms with Gasteiger partial charge in [-0.15, -0.1) is 0 Å². The van der Waals surface area contributed by atoms with Gasteiger partial charge >= 0.3 is 0 Å². The van der Waals surface area contributed by atoms with Crippen LogP contribution in [-0.4, -0.2) is 54.3 Å². The van der Waals surface area contributed by atoms with Crippen molar-refractivity contribution in [2.45, 2.75) is 19.9 Å². The van der Waals surface area contributed by atoms with E-state index in [-0.39, 0.29) is 17.7 Å². The third kappa shape index (κ3) is 3.94. The van der Waals surface area contributed by atoms with Crippen LogP contribution in [0.3, 0.4) is 0 Å².